The van der Waals surface area contributed by atoms with E-state index in [0.717, 1.165) is 7.11 Å². The van der Waals surface area contributed by atoms with Crippen molar-refractivity contribution in [3.63, 3.8) is 0 Å². The Bertz CT molecular complexity index is 599. The van der Waals surface area contributed by atoms with E-state index in [2.05, 4.69) is 10.1 Å². The lowest BCUT2D eigenvalue weighted by molar-refractivity contribution is -0.143. The highest BCUT2D eigenvalue weighted by Gasteiger charge is 2.26. The Morgan fingerprint density at radius 3 is 2.22 bits per heavy atom. The zero-order chi connectivity index (χ0) is 17.8. The van der Waals surface area contributed by atoms with E-state index in [0.29, 0.717) is 12.1 Å². The SMILES string of the molecule is COC(=O)[C@@H](Cc1cc(F)c(F)cc1F)NC(=O)OC(C)(C)C. The molecule has 5 nitrogen and oxygen atoms in total. The molecule has 0 bridgehead atoms. The number of ether oxygens (including phenoxy) is 2. The smallest absolute Gasteiger partial charge is 0.408 e. The van der Waals surface area contributed by atoms with E-state index in [4.69, 9.17) is 4.74 Å². The first-order chi connectivity index (χ1) is 10.5. The molecule has 0 fully saturated rings. The normalized spacial score (nSPS) is 12.5. The maximum Gasteiger partial charge on any atom is 0.408 e. The average molecular weight is 333 g/mol. The number of carbonyl (C=O) groups excluding carboxylic acids is 2. The number of nitrogens with one attached hydrogen (secondary N) is 1. The van der Waals surface area contributed by atoms with Crippen molar-refractivity contribution in [2.45, 2.75) is 38.8 Å². The van der Waals surface area contributed by atoms with Crippen molar-refractivity contribution in [2.24, 2.45) is 0 Å². The lowest BCUT2D eigenvalue weighted by Gasteiger charge is -2.22. The lowest BCUT2D eigenvalue weighted by Crippen LogP contribution is -2.45. The molecule has 0 aliphatic carbocycles. The fourth-order valence-electron chi connectivity index (χ4n) is 1.73. The Balaban J connectivity index is 2.94. The molecule has 1 aromatic carbocycles. The number of hydrogen-bond acceptors (Lipinski definition) is 4. The van der Waals surface area contributed by atoms with E-state index in [1.807, 2.05) is 0 Å². The highest BCUT2D eigenvalue weighted by atomic mass is 19.2. The van der Waals surface area contributed by atoms with Gasteiger partial charge in [-0.1, -0.05) is 0 Å². The topological polar surface area (TPSA) is 64.6 Å². The third-order valence-corrected chi connectivity index (χ3v) is 2.69. The molecule has 1 atom stereocenters. The summed E-state index contributed by atoms with van der Waals surface area (Å²) < 4.78 is 49.3. The second-order valence-electron chi connectivity index (χ2n) is 5.78. The van der Waals surface area contributed by atoms with E-state index in [1.54, 1.807) is 20.8 Å². The summed E-state index contributed by atoms with van der Waals surface area (Å²) in [4.78, 5) is 23.4. The molecule has 1 aromatic rings. The van der Waals surface area contributed by atoms with E-state index in [9.17, 15) is 22.8 Å². The number of amides is 1. The molecule has 1 N–H and O–H groups in total. The first-order valence-electron chi connectivity index (χ1n) is 6.74. The quantitative estimate of drug-likeness (QED) is 0.680. The number of esters is 1. The van der Waals surface area contributed by atoms with Crippen LogP contribution in [0.15, 0.2) is 12.1 Å². The van der Waals surface area contributed by atoms with Crippen LogP contribution in [-0.2, 0) is 20.7 Å². The molecule has 128 valence electrons. The summed E-state index contributed by atoms with van der Waals surface area (Å²) in [7, 11) is 1.08. The molecule has 0 saturated heterocycles. The molecule has 0 saturated carbocycles. The third kappa shape index (κ3) is 5.80. The van der Waals surface area contributed by atoms with E-state index < -0.39 is 47.6 Å². The van der Waals surface area contributed by atoms with Gasteiger partial charge in [-0.3, -0.25) is 0 Å². The van der Waals surface area contributed by atoms with Crippen LogP contribution in [0.2, 0.25) is 0 Å². The number of alkyl carbamates (subject to hydrolysis) is 1. The van der Waals surface area contributed by atoms with Crippen LogP contribution in [0.4, 0.5) is 18.0 Å². The molecular weight excluding hydrogens is 315 g/mol. The summed E-state index contributed by atoms with van der Waals surface area (Å²) in [5.74, 6) is -4.52. The van der Waals surface area contributed by atoms with Crippen molar-refractivity contribution in [3.8, 4) is 0 Å². The molecule has 1 amide bonds. The number of methoxy groups -OCH3 is 1. The van der Waals surface area contributed by atoms with Gasteiger partial charge >= 0.3 is 12.1 Å². The van der Waals surface area contributed by atoms with Gasteiger partial charge in [-0.15, -0.1) is 0 Å². The van der Waals surface area contributed by atoms with Crippen LogP contribution in [0.1, 0.15) is 26.3 Å². The Morgan fingerprint density at radius 2 is 1.70 bits per heavy atom. The maximum atomic E-state index is 13.7. The predicted molar refractivity (Wildman–Crippen MR) is 75.2 cm³/mol. The van der Waals surface area contributed by atoms with Crippen molar-refractivity contribution in [1.29, 1.82) is 0 Å². The summed E-state index contributed by atoms with van der Waals surface area (Å²) in [6, 6.07) is -0.321. The van der Waals surface area contributed by atoms with Crippen LogP contribution >= 0.6 is 0 Å². The number of halogens is 3. The highest BCUT2D eigenvalue weighted by molar-refractivity contribution is 5.81. The molecule has 23 heavy (non-hydrogen) atoms. The van der Waals surface area contributed by atoms with Crippen molar-refractivity contribution >= 4 is 12.1 Å². The Morgan fingerprint density at radius 1 is 1.13 bits per heavy atom. The summed E-state index contributed by atoms with van der Waals surface area (Å²) >= 11 is 0. The van der Waals surface area contributed by atoms with Gasteiger partial charge in [0, 0.05) is 12.5 Å². The van der Waals surface area contributed by atoms with Crippen LogP contribution in [0.5, 0.6) is 0 Å². The molecule has 0 aliphatic heterocycles. The fraction of sp³-hybridized carbons (Fsp3) is 0.467. The fourth-order valence-corrected chi connectivity index (χ4v) is 1.73. The van der Waals surface area contributed by atoms with Crippen molar-refractivity contribution in [3.05, 3.63) is 35.1 Å². The zero-order valence-electron chi connectivity index (χ0n) is 13.2. The van der Waals surface area contributed by atoms with Crippen LogP contribution in [0.25, 0.3) is 0 Å². The molecule has 0 aliphatic rings. The minimum absolute atomic E-state index is 0.282. The number of carbonyl (C=O) groups is 2. The first-order valence-corrected chi connectivity index (χ1v) is 6.74. The van der Waals surface area contributed by atoms with Gasteiger partial charge in [-0.05, 0) is 32.4 Å². The lowest BCUT2D eigenvalue weighted by atomic mass is 10.0. The van der Waals surface area contributed by atoms with Gasteiger partial charge in [0.1, 0.15) is 17.5 Å². The van der Waals surface area contributed by atoms with Crippen molar-refractivity contribution < 1.29 is 32.2 Å². The average Bonchev–Trinajstić information content (AvgIpc) is 2.40. The Labute approximate surface area is 131 Å². The largest absolute Gasteiger partial charge is 0.467 e. The molecule has 0 heterocycles. The Kier molecular flexibility index (Phi) is 6.00. The maximum absolute atomic E-state index is 13.7. The summed E-state index contributed by atoms with van der Waals surface area (Å²) in [5.41, 5.74) is -1.09. The van der Waals surface area contributed by atoms with Gasteiger partial charge < -0.3 is 14.8 Å². The first kappa shape index (κ1) is 18.8. The van der Waals surface area contributed by atoms with Gasteiger partial charge in [-0.25, -0.2) is 22.8 Å². The summed E-state index contributed by atoms with van der Waals surface area (Å²) in [6.07, 6.45) is -1.34. The molecule has 1 rings (SSSR count). The second-order valence-corrected chi connectivity index (χ2v) is 5.78. The predicted octanol–water partition coefficient (Wildman–Crippen LogP) is 2.71. The van der Waals surface area contributed by atoms with Gasteiger partial charge in [-0.2, -0.15) is 0 Å². The second kappa shape index (κ2) is 7.34. The minimum atomic E-state index is -1.35. The minimum Gasteiger partial charge on any atom is -0.467 e. The van der Waals surface area contributed by atoms with Crippen LogP contribution in [-0.4, -0.2) is 30.8 Å². The summed E-state index contributed by atoms with van der Waals surface area (Å²) in [5, 5.41) is 2.22. The molecular formula is C15H18F3NO4. The van der Waals surface area contributed by atoms with E-state index >= 15 is 0 Å². The molecule has 8 heteroatoms. The van der Waals surface area contributed by atoms with Gasteiger partial charge in [0.15, 0.2) is 11.6 Å². The number of rotatable bonds is 4. The van der Waals surface area contributed by atoms with Crippen LogP contribution in [0.3, 0.4) is 0 Å². The number of hydrogen-bond donors (Lipinski definition) is 1. The van der Waals surface area contributed by atoms with Gasteiger partial charge in [0.05, 0.1) is 7.11 Å². The summed E-state index contributed by atoms with van der Waals surface area (Å²) in [6.45, 7) is 4.86. The monoisotopic (exact) mass is 333 g/mol. The van der Waals surface area contributed by atoms with Crippen LogP contribution < -0.4 is 5.32 Å². The highest BCUT2D eigenvalue weighted by Crippen LogP contribution is 2.16. The van der Waals surface area contributed by atoms with Crippen molar-refractivity contribution in [1.82, 2.24) is 5.32 Å². The standard InChI is InChI=1S/C15H18F3NO4/c1-15(2,3)23-14(21)19-12(13(20)22-4)6-8-5-10(17)11(18)7-9(8)16/h5,7,12H,6H2,1-4H3,(H,19,21)/t12-/m1/s1. The van der Waals surface area contributed by atoms with E-state index in [1.165, 1.54) is 0 Å². The van der Waals surface area contributed by atoms with Crippen molar-refractivity contribution in [2.75, 3.05) is 7.11 Å². The molecule has 0 aromatic heterocycles. The third-order valence-electron chi connectivity index (χ3n) is 2.69. The van der Waals surface area contributed by atoms with Gasteiger partial charge in [0.2, 0.25) is 0 Å². The van der Waals surface area contributed by atoms with Gasteiger partial charge in [0.25, 0.3) is 0 Å². The molecule has 0 spiro atoms. The van der Waals surface area contributed by atoms with Crippen LogP contribution in [0, 0.1) is 17.5 Å². The molecule has 0 radical (unpaired) electrons. The number of benzene rings is 1. The Hall–Kier alpha value is -2.25. The zero-order valence-corrected chi connectivity index (χ0v) is 13.2. The molecule has 0 unspecified atom stereocenters. The van der Waals surface area contributed by atoms with E-state index in [-0.39, 0.29) is 5.56 Å².